The summed E-state index contributed by atoms with van der Waals surface area (Å²) in [6.45, 7) is 5.56. The fourth-order valence-electron chi connectivity index (χ4n) is 2.97. The molecule has 1 N–H and O–H groups in total. The van der Waals surface area contributed by atoms with Crippen LogP contribution in [0.5, 0.6) is 0 Å². The van der Waals surface area contributed by atoms with Crippen LogP contribution in [0.3, 0.4) is 0 Å². The summed E-state index contributed by atoms with van der Waals surface area (Å²) in [5, 5.41) is 3.67. The van der Waals surface area contributed by atoms with E-state index in [0.29, 0.717) is 12.0 Å². The molecule has 3 heterocycles. The molecular formula is C15H22N4. The summed E-state index contributed by atoms with van der Waals surface area (Å²) < 4.78 is 2.08. The molecule has 1 fully saturated rings. The number of aromatic nitrogens is 2. The Morgan fingerprint density at radius 1 is 1.42 bits per heavy atom. The number of fused-ring (bicyclic) bond motifs is 1. The Balaban J connectivity index is 1.62. The summed E-state index contributed by atoms with van der Waals surface area (Å²) in [6.07, 6.45) is 5.39. The van der Waals surface area contributed by atoms with Gasteiger partial charge in [-0.3, -0.25) is 0 Å². The van der Waals surface area contributed by atoms with Crippen molar-refractivity contribution in [2.24, 2.45) is 5.92 Å². The van der Waals surface area contributed by atoms with Crippen molar-refractivity contribution in [3.05, 3.63) is 36.3 Å². The SMILES string of the molecule is CC1CN(C)CCC1NCc1cn2ccccc2n1. The van der Waals surface area contributed by atoms with E-state index in [2.05, 4.69) is 39.8 Å². The molecule has 19 heavy (non-hydrogen) atoms. The molecular weight excluding hydrogens is 236 g/mol. The number of imidazole rings is 1. The number of nitrogens with zero attached hydrogens (tertiary/aromatic N) is 3. The Morgan fingerprint density at radius 2 is 2.32 bits per heavy atom. The normalized spacial score (nSPS) is 24.9. The molecule has 1 aliphatic heterocycles. The highest BCUT2D eigenvalue weighted by Gasteiger charge is 2.23. The molecule has 102 valence electrons. The van der Waals surface area contributed by atoms with E-state index >= 15 is 0 Å². The third-order valence-electron chi connectivity index (χ3n) is 4.07. The molecule has 0 radical (unpaired) electrons. The van der Waals surface area contributed by atoms with Gasteiger partial charge in [-0.05, 0) is 38.1 Å². The minimum absolute atomic E-state index is 0.612. The zero-order valence-corrected chi connectivity index (χ0v) is 11.7. The van der Waals surface area contributed by atoms with E-state index in [1.165, 1.54) is 19.5 Å². The number of hydrogen-bond donors (Lipinski definition) is 1. The summed E-state index contributed by atoms with van der Waals surface area (Å²) in [4.78, 5) is 7.04. The lowest BCUT2D eigenvalue weighted by molar-refractivity contribution is 0.174. The number of hydrogen-bond acceptors (Lipinski definition) is 3. The van der Waals surface area contributed by atoms with Crippen molar-refractivity contribution in [1.29, 1.82) is 0 Å². The van der Waals surface area contributed by atoms with E-state index in [-0.39, 0.29) is 0 Å². The highest BCUT2D eigenvalue weighted by Crippen LogP contribution is 2.16. The van der Waals surface area contributed by atoms with Gasteiger partial charge in [0.15, 0.2) is 0 Å². The number of rotatable bonds is 3. The van der Waals surface area contributed by atoms with Crippen molar-refractivity contribution in [3.8, 4) is 0 Å². The molecule has 4 nitrogen and oxygen atoms in total. The molecule has 2 unspecified atom stereocenters. The van der Waals surface area contributed by atoms with Gasteiger partial charge in [-0.25, -0.2) is 4.98 Å². The van der Waals surface area contributed by atoms with E-state index < -0.39 is 0 Å². The van der Waals surface area contributed by atoms with Crippen LogP contribution < -0.4 is 5.32 Å². The first-order valence-electron chi connectivity index (χ1n) is 7.07. The molecule has 1 aliphatic rings. The van der Waals surface area contributed by atoms with Crippen molar-refractivity contribution in [2.75, 3.05) is 20.1 Å². The quantitative estimate of drug-likeness (QED) is 0.910. The van der Waals surface area contributed by atoms with E-state index in [0.717, 1.165) is 17.9 Å². The molecule has 2 atom stereocenters. The number of nitrogens with one attached hydrogen (secondary N) is 1. The van der Waals surface area contributed by atoms with Gasteiger partial charge >= 0.3 is 0 Å². The predicted octanol–water partition coefficient (Wildman–Crippen LogP) is 1.76. The number of likely N-dealkylation sites (tertiary alicyclic amines) is 1. The average molecular weight is 258 g/mol. The summed E-state index contributed by atoms with van der Waals surface area (Å²) >= 11 is 0. The van der Waals surface area contributed by atoms with Crippen molar-refractivity contribution in [3.63, 3.8) is 0 Å². The monoisotopic (exact) mass is 258 g/mol. The molecule has 0 aromatic carbocycles. The second-order valence-corrected chi connectivity index (χ2v) is 5.71. The standard InChI is InChI=1S/C15H22N4/c1-12-10-18(2)8-6-14(12)16-9-13-11-19-7-4-3-5-15(19)17-13/h3-5,7,11-12,14,16H,6,8-10H2,1-2H3. The van der Waals surface area contributed by atoms with Gasteiger partial charge in [-0.15, -0.1) is 0 Å². The van der Waals surface area contributed by atoms with Crippen LogP contribution >= 0.6 is 0 Å². The second-order valence-electron chi connectivity index (χ2n) is 5.71. The van der Waals surface area contributed by atoms with Gasteiger partial charge in [0.2, 0.25) is 0 Å². The molecule has 3 rings (SSSR count). The zero-order valence-electron chi connectivity index (χ0n) is 11.7. The molecule has 1 saturated heterocycles. The molecule has 2 aromatic heterocycles. The van der Waals surface area contributed by atoms with Crippen LogP contribution in [0, 0.1) is 5.92 Å². The van der Waals surface area contributed by atoms with Crippen molar-refractivity contribution < 1.29 is 0 Å². The Hall–Kier alpha value is -1.39. The third-order valence-corrected chi connectivity index (χ3v) is 4.07. The van der Waals surface area contributed by atoms with Gasteiger partial charge < -0.3 is 14.6 Å². The maximum absolute atomic E-state index is 4.63. The van der Waals surface area contributed by atoms with E-state index in [9.17, 15) is 0 Å². The first-order valence-corrected chi connectivity index (χ1v) is 7.07. The summed E-state index contributed by atoms with van der Waals surface area (Å²) in [5.41, 5.74) is 2.15. The fraction of sp³-hybridized carbons (Fsp3) is 0.533. The van der Waals surface area contributed by atoms with Crippen LogP contribution in [0.25, 0.3) is 5.65 Å². The van der Waals surface area contributed by atoms with Gasteiger partial charge in [0.1, 0.15) is 5.65 Å². The van der Waals surface area contributed by atoms with Gasteiger partial charge in [-0.1, -0.05) is 13.0 Å². The first kappa shape index (κ1) is 12.6. The van der Waals surface area contributed by atoms with Gasteiger partial charge in [0.05, 0.1) is 5.69 Å². The summed E-state index contributed by atoms with van der Waals surface area (Å²) in [6, 6.07) is 6.71. The van der Waals surface area contributed by atoms with Crippen molar-refractivity contribution >= 4 is 5.65 Å². The minimum Gasteiger partial charge on any atom is -0.308 e. The predicted molar refractivity (Wildman–Crippen MR) is 77.1 cm³/mol. The Morgan fingerprint density at radius 3 is 3.11 bits per heavy atom. The van der Waals surface area contributed by atoms with Crippen molar-refractivity contribution in [2.45, 2.75) is 25.9 Å². The molecule has 2 aromatic rings. The number of pyridine rings is 1. The topological polar surface area (TPSA) is 32.6 Å². The van der Waals surface area contributed by atoms with Gasteiger partial charge in [-0.2, -0.15) is 0 Å². The second kappa shape index (κ2) is 5.31. The largest absolute Gasteiger partial charge is 0.308 e. The van der Waals surface area contributed by atoms with E-state index in [1.807, 2.05) is 24.4 Å². The Labute approximate surface area is 114 Å². The van der Waals surface area contributed by atoms with E-state index in [1.54, 1.807) is 0 Å². The maximum Gasteiger partial charge on any atom is 0.137 e. The van der Waals surface area contributed by atoms with Crippen LogP contribution in [0.1, 0.15) is 19.0 Å². The highest BCUT2D eigenvalue weighted by atomic mass is 15.1. The van der Waals surface area contributed by atoms with Crippen LogP contribution in [0.2, 0.25) is 0 Å². The number of piperidine rings is 1. The van der Waals surface area contributed by atoms with E-state index in [4.69, 9.17) is 0 Å². The van der Waals surface area contributed by atoms with Crippen LogP contribution in [-0.4, -0.2) is 40.5 Å². The minimum atomic E-state index is 0.612. The lowest BCUT2D eigenvalue weighted by atomic mass is 9.94. The maximum atomic E-state index is 4.63. The van der Waals surface area contributed by atoms with Crippen LogP contribution in [-0.2, 0) is 6.54 Å². The third kappa shape index (κ3) is 2.80. The summed E-state index contributed by atoms with van der Waals surface area (Å²) in [5.74, 6) is 0.704. The van der Waals surface area contributed by atoms with Gasteiger partial charge in [0, 0.05) is 31.5 Å². The highest BCUT2D eigenvalue weighted by molar-refractivity contribution is 5.39. The lowest BCUT2D eigenvalue weighted by Crippen LogP contribution is -2.46. The first-order chi connectivity index (χ1) is 9.22. The van der Waals surface area contributed by atoms with Crippen LogP contribution in [0.15, 0.2) is 30.6 Å². The zero-order chi connectivity index (χ0) is 13.2. The smallest absolute Gasteiger partial charge is 0.137 e. The fourth-order valence-corrected chi connectivity index (χ4v) is 2.97. The Bertz CT molecular complexity index is 515. The summed E-state index contributed by atoms with van der Waals surface area (Å²) in [7, 11) is 2.20. The Kier molecular flexibility index (Phi) is 3.53. The van der Waals surface area contributed by atoms with Crippen molar-refractivity contribution in [1.82, 2.24) is 19.6 Å². The van der Waals surface area contributed by atoms with Gasteiger partial charge in [0.25, 0.3) is 0 Å². The molecule has 0 amide bonds. The molecule has 0 saturated carbocycles. The van der Waals surface area contributed by atoms with Crippen LogP contribution in [0.4, 0.5) is 0 Å². The lowest BCUT2D eigenvalue weighted by Gasteiger charge is -2.35. The molecule has 4 heteroatoms. The molecule has 0 aliphatic carbocycles. The average Bonchev–Trinajstić information content (AvgIpc) is 2.80. The molecule has 0 bridgehead atoms. The molecule has 0 spiro atoms.